The number of carboxylic acids is 1. The zero-order chi connectivity index (χ0) is 9.84. The SMILES string of the molecule is C#CCC1CN=C(C)NC1C(=O)O. The number of rotatable bonds is 2. The maximum atomic E-state index is 10.8. The zero-order valence-corrected chi connectivity index (χ0v) is 7.45. The number of amidine groups is 1. The van der Waals surface area contributed by atoms with Gasteiger partial charge < -0.3 is 10.4 Å². The lowest BCUT2D eigenvalue weighted by Gasteiger charge is -2.26. The molecule has 13 heavy (non-hydrogen) atoms. The molecule has 0 aromatic carbocycles. The van der Waals surface area contributed by atoms with E-state index in [1.165, 1.54) is 0 Å². The standard InChI is InChI=1S/C9H12N2O2/c1-3-4-7-5-10-6(2)11-8(7)9(12)13/h1,7-8H,4-5H2,2H3,(H,10,11)(H,12,13). The molecule has 0 aromatic heterocycles. The third-order valence-corrected chi connectivity index (χ3v) is 2.04. The van der Waals surface area contributed by atoms with Crippen molar-refractivity contribution in [3.8, 4) is 12.3 Å². The zero-order valence-electron chi connectivity index (χ0n) is 7.45. The molecule has 4 nitrogen and oxygen atoms in total. The topological polar surface area (TPSA) is 61.7 Å². The summed E-state index contributed by atoms with van der Waals surface area (Å²) in [5, 5.41) is 11.7. The number of terminal acetylenes is 1. The fraction of sp³-hybridized carbons (Fsp3) is 0.556. The maximum Gasteiger partial charge on any atom is 0.326 e. The highest BCUT2D eigenvalue weighted by molar-refractivity contribution is 5.86. The highest BCUT2D eigenvalue weighted by atomic mass is 16.4. The Morgan fingerprint density at radius 3 is 3.15 bits per heavy atom. The van der Waals surface area contributed by atoms with Gasteiger partial charge in [-0.2, -0.15) is 0 Å². The number of carbonyl (C=O) groups is 1. The van der Waals surface area contributed by atoms with Gasteiger partial charge in [-0.1, -0.05) is 0 Å². The van der Waals surface area contributed by atoms with E-state index in [2.05, 4.69) is 16.2 Å². The van der Waals surface area contributed by atoms with Gasteiger partial charge in [0.05, 0.1) is 5.84 Å². The van der Waals surface area contributed by atoms with Crippen LogP contribution in [-0.4, -0.2) is 29.5 Å². The molecule has 0 saturated heterocycles. The average Bonchev–Trinajstić information content (AvgIpc) is 2.08. The maximum absolute atomic E-state index is 10.8. The second-order valence-electron chi connectivity index (χ2n) is 3.05. The summed E-state index contributed by atoms with van der Waals surface area (Å²) in [6.07, 6.45) is 5.58. The van der Waals surface area contributed by atoms with E-state index in [1.807, 2.05) is 0 Å². The minimum Gasteiger partial charge on any atom is -0.480 e. The van der Waals surface area contributed by atoms with Crippen LogP contribution in [0.3, 0.4) is 0 Å². The Kier molecular flexibility index (Phi) is 2.91. The molecule has 0 bridgehead atoms. The van der Waals surface area contributed by atoms with Crippen molar-refractivity contribution in [1.29, 1.82) is 0 Å². The highest BCUT2D eigenvalue weighted by Crippen LogP contribution is 2.13. The van der Waals surface area contributed by atoms with E-state index < -0.39 is 12.0 Å². The third-order valence-electron chi connectivity index (χ3n) is 2.04. The average molecular weight is 180 g/mol. The number of hydrogen-bond donors (Lipinski definition) is 2. The first kappa shape index (κ1) is 9.59. The third kappa shape index (κ3) is 2.22. The van der Waals surface area contributed by atoms with Crippen LogP contribution >= 0.6 is 0 Å². The molecule has 0 aromatic rings. The smallest absolute Gasteiger partial charge is 0.326 e. The second kappa shape index (κ2) is 3.94. The number of aliphatic carboxylic acids is 1. The molecule has 0 aliphatic carbocycles. The number of nitrogens with zero attached hydrogens (tertiary/aromatic N) is 1. The fourth-order valence-corrected chi connectivity index (χ4v) is 1.35. The van der Waals surface area contributed by atoms with Crippen LogP contribution < -0.4 is 5.32 Å². The summed E-state index contributed by atoms with van der Waals surface area (Å²) in [7, 11) is 0. The van der Waals surface area contributed by atoms with Gasteiger partial charge in [0.2, 0.25) is 0 Å². The highest BCUT2D eigenvalue weighted by Gasteiger charge is 2.30. The van der Waals surface area contributed by atoms with Gasteiger partial charge in [-0.3, -0.25) is 4.99 Å². The Bertz CT molecular complexity index is 278. The van der Waals surface area contributed by atoms with Crippen molar-refractivity contribution < 1.29 is 9.90 Å². The van der Waals surface area contributed by atoms with Crippen molar-refractivity contribution in [2.24, 2.45) is 10.9 Å². The summed E-state index contributed by atoms with van der Waals surface area (Å²) in [6, 6.07) is -0.589. The Balaban J connectivity index is 2.72. The molecule has 70 valence electrons. The van der Waals surface area contributed by atoms with Crippen LogP contribution in [0.1, 0.15) is 13.3 Å². The minimum absolute atomic E-state index is 0.0915. The summed E-state index contributed by atoms with van der Waals surface area (Å²) in [5.74, 6) is 2.17. The quantitative estimate of drug-likeness (QED) is 0.592. The largest absolute Gasteiger partial charge is 0.480 e. The first-order valence-electron chi connectivity index (χ1n) is 4.09. The van der Waals surface area contributed by atoms with Crippen LogP contribution in [0.5, 0.6) is 0 Å². The number of nitrogens with one attached hydrogen (secondary N) is 1. The molecule has 2 N–H and O–H groups in total. The fourth-order valence-electron chi connectivity index (χ4n) is 1.35. The van der Waals surface area contributed by atoms with E-state index in [9.17, 15) is 4.79 Å². The van der Waals surface area contributed by atoms with Gasteiger partial charge in [-0.15, -0.1) is 12.3 Å². The Labute approximate surface area is 77.1 Å². The molecule has 0 fully saturated rings. The van der Waals surface area contributed by atoms with Gasteiger partial charge in [0.15, 0.2) is 0 Å². The molecular formula is C9H12N2O2. The van der Waals surface area contributed by atoms with Crippen molar-refractivity contribution in [2.45, 2.75) is 19.4 Å². The Hall–Kier alpha value is -1.50. The minimum atomic E-state index is -0.866. The Morgan fingerprint density at radius 1 is 1.92 bits per heavy atom. The first-order valence-corrected chi connectivity index (χ1v) is 4.09. The van der Waals surface area contributed by atoms with Gasteiger partial charge in [0.1, 0.15) is 6.04 Å². The molecule has 2 unspecified atom stereocenters. The van der Waals surface area contributed by atoms with E-state index >= 15 is 0 Å². The Morgan fingerprint density at radius 2 is 2.62 bits per heavy atom. The summed E-state index contributed by atoms with van der Waals surface area (Å²) < 4.78 is 0. The van der Waals surface area contributed by atoms with Gasteiger partial charge in [-0.05, 0) is 6.92 Å². The lowest BCUT2D eigenvalue weighted by Crippen LogP contribution is -2.49. The van der Waals surface area contributed by atoms with Crippen LogP contribution in [0.25, 0.3) is 0 Å². The van der Waals surface area contributed by atoms with E-state index in [0.29, 0.717) is 18.8 Å². The van der Waals surface area contributed by atoms with Crippen molar-refractivity contribution in [3.05, 3.63) is 0 Å². The number of aliphatic imine (C=N–C) groups is 1. The van der Waals surface area contributed by atoms with Crippen molar-refractivity contribution in [2.75, 3.05) is 6.54 Å². The summed E-state index contributed by atoms with van der Waals surface area (Å²) in [5.41, 5.74) is 0. The lowest BCUT2D eigenvalue weighted by molar-refractivity contribution is -0.140. The molecule has 1 heterocycles. The summed E-state index contributed by atoms with van der Waals surface area (Å²) >= 11 is 0. The predicted molar refractivity (Wildman–Crippen MR) is 49.5 cm³/mol. The van der Waals surface area contributed by atoms with Gasteiger partial charge in [0.25, 0.3) is 0 Å². The molecule has 0 spiro atoms. The normalized spacial score (nSPS) is 26.9. The summed E-state index contributed by atoms with van der Waals surface area (Å²) in [6.45, 7) is 2.25. The molecule has 0 saturated carbocycles. The monoisotopic (exact) mass is 180 g/mol. The van der Waals surface area contributed by atoms with Crippen LogP contribution in [0.2, 0.25) is 0 Å². The van der Waals surface area contributed by atoms with Gasteiger partial charge in [-0.25, -0.2) is 4.79 Å². The van der Waals surface area contributed by atoms with Crippen molar-refractivity contribution in [1.82, 2.24) is 5.32 Å². The van der Waals surface area contributed by atoms with E-state index in [1.54, 1.807) is 6.92 Å². The molecule has 1 aliphatic heterocycles. The van der Waals surface area contributed by atoms with Crippen LogP contribution in [0.4, 0.5) is 0 Å². The summed E-state index contributed by atoms with van der Waals surface area (Å²) in [4.78, 5) is 14.9. The molecular weight excluding hydrogens is 168 g/mol. The van der Waals surface area contributed by atoms with Crippen LogP contribution in [0.15, 0.2) is 4.99 Å². The molecule has 1 rings (SSSR count). The number of carboxylic acid groups (broad SMARTS) is 1. The van der Waals surface area contributed by atoms with Crippen molar-refractivity contribution >= 4 is 11.8 Å². The van der Waals surface area contributed by atoms with Gasteiger partial charge in [0, 0.05) is 18.9 Å². The van der Waals surface area contributed by atoms with Crippen LogP contribution in [0, 0.1) is 18.3 Å². The predicted octanol–water partition coefficient (Wildman–Crippen LogP) is 0.101. The van der Waals surface area contributed by atoms with E-state index in [4.69, 9.17) is 11.5 Å². The molecule has 1 aliphatic rings. The van der Waals surface area contributed by atoms with Gasteiger partial charge >= 0.3 is 5.97 Å². The molecule has 0 amide bonds. The van der Waals surface area contributed by atoms with E-state index in [-0.39, 0.29) is 5.92 Å². The molecule has 4 heteroatoms. The van der Waals surface area contributed by atoms with Crippen molar-refractivity contribution in [3.63, 3.8) is 0 Å². The first-order chi connectivity index (χ1) is 6.15. The number of hydrogen-bond acceptors (Lipinski definition) is 3. The van der Waals surface area contributed by atoms with E-state index in [0.717, 1.165) is 0 Å². The molecule has 2 atom stereocenters. The second-order valence-corrected chi connectivity index (χ2v) is 3.05. The lowest BCUT2D eigenvalue weighted by atomic mass is 9.95. The molecule has 0 radical (unpaired) electrons. The van der Waals surface area contributed by atoms with Crippen LogP contribution in [-0.2, 0) is 4.79 Å².